The lowest BCUT2D eigenvalue weighted by atomic mass is 9.93. The van der Waals surface area contributed by atoms with Crippen molar-refractivity contribution in [2.75, 3.05) is 13.1 Å². The van der Waals surface area contributed by atoms with Crippen LogP contribution < -0.4 is 5.56 Å². The molecule has 1 aromatic heterocycles. The Morgan fingerprint density at radius 2 is 1.58 bits per heavy atom. The number of amides is 1. The number of piperidine rings is 1. The Hall–Kier alpha value is -2.93. The Morgan fingerprint density at radius 3 is 2.30 bits per heavy atom. The van der Waals surface area contributed by atoms with E-state index in [4.69, 9.17) is 0 Å². The average Bonchev–Trinajstić information content (AvgIpc) is 2.81. The van der Waals surface area contributed by atoms with Crippen LogP contribution >= 0.6 is 0 Å². The van der Waals surface area contributed by atoms with Crippen molar-refractivity contribution in [3.8, 4) is 0 Å². The number of carbonyl (C=O) groups is 1. The molecule has 0 N–H and O–H groups in total. The quantitative estimate of drug-likeness (QED) is 0.702. The maximum Gasteiger partial charge on any atom is 0.296 e. The minimum absolute atomic E-state index is 0.131. The number of dihydropyridines is 1. The van der Waals surface area contributed by atoms with Crippen molar-refractivity contribution in [2.45, 2.75) is 69.9 Å². The molecule has 3 heterocycles. The fraction of sp³-hybridized carbons (Fsp3) is 0.500. The molecule has 7 nitrogen and oxygen atoms in total. The van der Waals surface area contributed by atoms with Gasteiger partial charge in [-0.1, -0.05) is 44.2 Å². The highest BCUT2D eigenvalue weighted by atomic mass is 16.1. The normalized spacial score (nSPS) is 22.7. The topological polar surface area (TPSA) is 79.9 Å². The Bertz CT molecular complexity index is 1140. The summed E-state index contributed by atoms with van der Waals surface area (Å²) in [6.07, 6.45) is 15.6. The summed E-state index contributed by atoms with van der Waals surface area (Å²) < 4.78 is 1.91. The van der Waals surface area contributed by atoms with E-state index >= 15 is 0 Å². The maximum atomic E-state index is 13.5. The van der Waals surface area contributed by atoms with Gasteiger partial charge in [0.15, 0.2) is 0 Å². The van der Waals surface area contributed by atoms with Crippen LogP contribution in [0.25, 0.3) is 11.0 Å². The third-order valence-electron chi connectivity index (χ3n) is 7.19. The lowest BCUT2D eigenvalue weighted by Crippen LogP contribution is -2.43. The Labute approximate surface area is 193 Å². The monoisotopic (exact) mass is 445 g/mol. The van der Waals surface area contributed by atoms with E-state index in [0.29, 0.717) is 11.8 Å². The van der Waals surface area contributed by atoms with Crippen molar-refractivity contribution in [3.05, 3.63) is 46.8 Å². The molecular formula is C26H31N5O2. The van der Waals surface area contributed by atoms with E-state index in [1.54, 1.807) is 6.08 Å². The Kier molecular flexibility index (Phi) is 6.58. The van der Waals surface area contributed by atoms with Crippen LogP contribution in [-0.4, -0.2) is 51.4 Å². The van der Waals surface area contributed by atoms with Crippen LogP contribution in [0.3, 0.4) is 0 Å². The highest BCUT2D eigenvalue weighted by Gasteiger charge is 2.28. The number of hydrogen-bond donors (Lipinski definition) is 0. The van der Waals surface area contributed by atoms with Crippen LogP contribution in [0.2, 0.25) is 0 Å². The van der Waals surface area contributed by atoms with Gasteiger partial charge >= 0.3 is 0 Å². The molecule has 1 aliphatic carbocycles. The molecule has 1 saturated carbocycles. The van der Waals surface area contributed by atoms with Crippen molar-refractivity contribution in [1.82, 2.24) is 14.5 Å². The van der Waals surface area contributed by atoms with Gasteiger partial charge in [-0.2, -0.15) is 0 Å². The second-order valence-corrected chi connectivity index (χ2v) is 9.33. The van der Waals surface area contributed by atoms with Crippen LogP contribution in [0, 0.1) is 0 Å². The van der Waals surface area contributed by atoms with E-state index < -0.39 is 0 Å². The van der Waals surface area contributed by atoms with E-state index in [2.05, 4.69) is 19.9 Å². The van der Waals surface area contributed by atoms with Gasteiger partial charge in [-0.3, -0.25) is 9.59 Å². The summed E-state index contributed by atoms with van der Waals surface area (Å²) in [5, 5.41) is 0. The van der Waals surface area contributed by atoms with Crippen LogP contribution in [-0.2, 0) is 4.79 Å². The lowest BCUT2D eigenvalue weighted by Gasteiger charge is -2.39. The predicted octanol–water partition coefficient (Wildman–Crippen LogP) is 4.39. The number of benzene rings is 1. The molecule has 5 rings (SSSR count). The molecule has 0 bridgehead atoms. The summed E-state index contributed by atoms with van der Waals surface area (Å²) in [6, 6.07) is 8.61. The highest BCUT2D eigenvalue weighted by Crippen LogP contribution is 2.30. The zero-order valence-electron chi connectivity index (χ0n) is 19.0. The number of hydrogen-bond acceptors (Lipinski definition) is 5. The van der Waals surface area contributed by atoms with Crippen molar-refractivity contribution in [3.63, 3.8) is 0 Å². The molecule has 1 aromatic carbocycles. The number of aliphatic imine (C=N–C) groups is 2. The molecule has 1 amide bonds. The van der Waals surface area contributed by atoms with Gasteiger partial charge in [-0.15, -0.1) is 0 Å². The van der Waals surface area contributed by atoms with Crippen molar-refractivity contribution >= 4 is 34.7 Å². The van der Waals surface area contributed by atoms with Crippen molar-refractivity contribution in [2.24, 2.45) is 9.98 Å². The number of para-hydroxylation sites is 2. The van der Waals surface area contributed by atoms with E-state index in [0.717, 1.165) is 37.0 Å². The summed E-state index contributed by atoms with van der Waals surface area (Å²) in [7, 11) is 0. The maximum absolute atomic E-state index is 13.5. The standard InChI is InChI=1S/C26H31N5O2/c32-24-13-12-19(18-27-24)28-25-26(33)31(23-11-7-6-10-22(23)29-25)21-14-16-30(17-15-21)20-8-4-2-1-3-5-9-20/h6-7,10-13,18,20-21H,1-5,8-9,14-17H2. The summed E-state index contributed by atoms with van der Waals surface area (Å²) >= 11 is 0. The summed E-state index contributed by atoms with van der Waals surface area (Å²) in [6.45, 7) is 2.06. The summed E-state index contributed by atoms with van der Waals surface area (Å²) in [5.41, 5.74) is 1.90. The van der Waals surface area contributed by atoms with Crippen molar-refractivity contribution < 1.29 is 4.79 Å². The van der Waals surface area contributed by atoms with Gasteiger partial charge in [0.05, 0.1) is 23.0 Å². The summed E-state index contributed by atoms with van der Waals surface area (Å²) in [4.78, 5) is 40.2. The molecule has 0 atom stereocenters. The van der Waals surface area contributed by atoms with E-state index in [1.807, 2.05) is 28.8 Å². The Balaban J connectivity index is 1.42. The van der Waals surface area contributed by atoms with Gasteiger partial charge < -0.3 is 9.47 Å². The van der Waals surface area contributed by atoms with Crippen LogP contribution in [0.1, 0.15) is 63.8 Å². The molecular weight excluding hydrogens is 414 g/mol. The van der Waals surface area contributed by atoms with Gasteiger partial charge in [-0.25, -0.2) is 15.0 Å². The van der Waals surface area contributed by atoms with Crippen LogP contribution in [0.4, 0.5) is 5.82 Å². The molecule has 3 aliphatic rings. The number of allylic oxidation sites excluding steroid dienone is 1. The summed E-state index contributed by atoms with van der Waals surface area (Å²) in [5.74, 6) is -0.175. The number of fused-ring (bicyclic) bond motifs is 1. The van der Waals surface area contributed by atoms with Crippen LogP contribution in [0.15, 0.2) is 51.2 Å². The lowest BCUT2D eigenvalue weighted by molar-refractivity contribution is -0.113. The van der Waals surface area contributed by atoms with Gasteiger partial charge in [0.2, 0.25) is 5.82 Å². The van der Waals surface area contributed by atoms with E-state index in [9.17, 15) is 9.59 Å². The molecule has 0 spiro atoms. The molecule has 7 heteroatoms. The zero-order chi connectivity index (χ0) is 22.6. The van der Waals surface area contributed by atoms with Gasteiger partial charge in [0.1, 0.15) is 0 Å². The zero-order valence-corrected chi connectivity index (χ0v) is 19.0. The fourth-order valence-electron chi connectivity index (χ4n) is 5.45. The number of likely N-dealkylation sites (tertiary alicyclic amines) is 1. The molecule has 172 valence electrons. The molecule has 2 fully saturated rings. The van der Waals surface area contributed by atoms with Gasteiger partial charge in [0, 0.05) is 31.2 Å². The average molecular weight is 446 g/mol. The minimum Gasteiger partial charge on any atom is -0.300 e. The van der Waals surface area contributed by atoms with Gasteiger partial charge in [-0.05, 0) is 43.9 Å². The first kappa shape index (κ1) is 21.9. The first-order chi connectivity index (χ1) is 16.2. The highest BCUT2D eigenvalue weighted by molar-refractivity contribution is 6.40. The van der Waals surface area contributed by atoms with E-state index in [-0.39, 0.29) is 23.3 Å². The number of aromatic nitrogens is 2. The Morgan fingerprint density at radius 1 is 0.848 bits per heavy atom. The third kappa shape index (κ3) is 4.88. The predicted molar refractivity (Wildman–Crippen MR) is 132 cm³/mol. The fourth-order valence-corrected chi connectivity index (χ4v) is 5.45. The van der Waals surface area contributed by atoms with Crippen LogP contribution in [0.5, 0.6) is 0 Å². The smallest absolute Gasteiger partial charge is 0.296 e. The largest absolute Gasteiger partial charge is 0.300 e. The first-order valence-corrected chi connectivity index (χ1v) is 12.3. The molecule has 0 radical (unpaired) electrons. The SMILES string of the molecule is O=C1C=CC(=Nc2nc3ccccc3n(C3CCN(C4CCCCCCC4)CC3)c2=O)C=N1. The third-order valence-corrected chi connectivity index (χ3v) is 7.19. The minimum atomic E-state index is -0.325. The number of rotatable bonds is 3. The molecule has 1 saturated heterocycles. The molecule has 0 unspecified atom stereocenters. The number of nitrogens with zero attached hydrogens (tertiary/aromatic N) is 5. The second kappa shape index (κ2) is 9.91. The molecule has 33 heavy (non-hydrogen) atoms. The number of carbonyl (C=O) groups excluding carboxylic acids is 1. The second-order valence-electron chi connectivity index (χ2n) is 9.33. The van der Waals surface area contributed by atoms with Crippen molar-refractivity contribution in [1.29, 1.82) is 0 Å². The first-order valence-electron chi connectivity index (χ1n) is 12.3. The van der Waals surface area contributed by atoms with E-state index in [1.165, 1.54) is 57.2 Å². The molecule has 2 aromatic rings. The van der Waals surface area contributed by atoms with Gasteiger partial charge in [0.25, 0.3) is 11.5 Å². The molecule has 2 aliphatic heterocycles.